The van der Waals surface area contributed by atoms with E-state index in [4.69, 9.17) is 18.3 Å². The Bertz CT molecular complexity index is 922. The van der Waals surface area contributed by atoms with Crippen LogP contribution in [0.5, 0.6) is 11.5 Å². The maximum absolute atomic E-state index is 12.3. The van der Waals surface area contributed by atoms with Gasteiger partial charge in [0.2, 0.25) is 6.79 Å². The number of benzene rings is 1. The average Bonchev–Trinajstić information content (AvgIpc) is 3.27. The summed E-state index contributed by atoms with van der Waals surface area (Å²) in [4.78, 5) is 24.1. The topological polar surface area (TPSA) is 96.7 Å². The maximum atomic E-state index is 12.3. The Hall–Kier alpha value is -3.29. The number of rotatable bonds is 4. The van der Waals surface area contributed by atoms with Crippen LogP contribution in [0.4, 0.5) is 0 Å². The molecule has 0 atom stereocenters. The SMILES string of the molecule is O=C(Cn1nc(-c2ccco2)oc1=O)c1ccc2c(c1)OCO2. The van der Waals surface area contributed by atoms with E-state index in [1.54, 1.807) is 30.3 Å². The lowest BCUT2D eigenvalue weighted by molar-refractivity contribution is 0.0964. The van der Waals surface area contributed by atoms with Crippen LogP contribution >= 0.6 is 0 Å². The van der Waals surface area contributed by atoms with E-state index in [2.05, 4.69) is 5.10 Å². The molecule has 0 fully saturated rings. The van der Waals surface area contributed by atoms with Gasteiger partial charge in [-0.25, -0.2) is 4.79 Å². The Morgan fingerprint density at radius 2 is 2.09 bits per heavy atom. The van der Waals surface area contributed by atoms with Crippen LogP contribution in [-0.2, 0) is 6.54 Å². The van der Waals surface area contributed by atoms with Gasteiger partial charge in [0.15, 0.2) is 23.0 Å². The van der Waals surface area contributed by atoms with E-state index >= 15 is 0 Å². The summed E-state index contributed by atoms with van der Waals surface area (Å²) in [6.45, 7) is -0.120. The number of furan rings is 1. The summed E-state index contributed by atoms with van der Waals surface area (Å²) >= 11 is 0. The van der Waals surface area contributed by atoms with Crippen LogP contribution in [0.25, 0.3) is 11.7 Å². The number of Topliss-reactive ketones (excluding diaryl/α,β-unsaturated/α-hetero) is 1. The molecule has 0 saturated carbocycles. The fraction of sp³-hybridized carbons (Fsp3) is 0.133. The molecule has 8 nitrogen and oxygen atoms in total. The minimum atomic E-state index is -0.731. The molecule has 1 aliphatic heterocycles. The van der Waals surface area contributed by atoms with Crippen LogP contribution in [0.3, 0.4) is 0 Å². The summed E-state index contributed by atoms with van der Waals surface area (Å²) in [6.07, 6.45) is 1.44. The quantitative estimate of drug-likeness (QED) is 0.676. The fourth-order valence-electron chi connectivity index (χ4n) is 2.20. The zero-order valence-corrected chi connectivity index (χ0v) is 11.7. The van der Waals surface area contributed by atoms with Crippen LogP contribution in [0.2, 0.25) is 0 Å². The predicted molar refractivity (Wildman–Crippen MR) is 75.4 cm³/mol. The molecule has 23 heavy (non-hydrogen) atoms. The summed E-state index contributed by atoms with van der Waals surface area (Å²) < 4.78 is 21.4. The third-order valence-electron chi connectivity index (χ3n) is 3.33. The number of fused-ring (bicyclic) bond motifs is 1. The summed E-state index contributed by atoms with van der Waals surface area (Å²) in [5.74, 6) is 0.393. The summed E-state index contributed by atoms with van der Waals surface area (Å²) in [7, 11) is 0. The summed E-state index contributed by atoms with van der Waals surface area (Å²) in [5.41, 5.74) is 0.392. The van der Waals surface area contributed by atoms with Crippen LogP contribution in [-0.4, -0.2) is 22.4 Å². The Kier molecular flexibility index (Phi) is 3.00. The average molecular weight is 314 g/mol. The van der Waals surface area contributed by atoms with Gasteiger partial charge in [-0.05, 0) is 30.3 Å². The van der Waals surface area contributed by atoms with Gasteiger partial charge < -0.3 is 18.3 Å². The van der Waals surface area contributed by atoms with E-state index < -0.39 is 5.76 Å². The van der Waals surface area contributed by atoms with Crippen molar-refractivity contribution in [3.8, 4) is 23.1 Å². The minimum Gasteiger partial charge on any atom is -0.459 e. The van der Waals surface area contributed by atoms with E-state index in [-0.39, 0.29) is 25.0 Å². The Balaban J connectivity index is 1.58. The number of carbonyl (C=O) groups excluding carboxylic acids is 1. The first kappa shape index (κ1) is 13.4. The van der Waals surface area contributed by atoms with Crippen LogP contribution < -0.4 is 15.2 Å². The van der Waals surface area contributed by atoms with Gasteiger partial charge in [-0.2, -0.15) is 4.68 Å². The smallest absolute Gasteiger partial charge is 0.437 e. The molecule has 1 aliphatic rings. The highest BCUT2D eigenvalue weighted by Crippen LogP contribution is 2.32. The molecule has 0 amide bonds. The van der Waals surface area contributed by atoms with E-state index in [9.17, 15) is 9.59 Å². The number of ketones is 1. The monoisotopic (exact) mass is 314 g/mol. The number of hydrogen-bond donors (Lipinski definition) is 0. The highest BCUT2D eigenvalue weighted by molar-refractivity contribution is 5.96. The van der Waals surface area contributed by atoms with E-state index in [0.29, 0.717) is 22.8 Å². The number of ether oxygens (including phenoxy) is 2. The largest absolute Gasteiger partial charge is 0.459 e. The second kappa shape index (κ2) is 5.16. The van der Waals surface area contributed by atoms with Crippen LogP contribution in [0.15, 0.2) is 50.2 Å². The maximum Gasteiger partial charge on any atom is 0.437 e. The molecule has 3 heterocycles. The number of carbonyl (C=O) groups is 1. The van der Waals surface area contributed by atoms with Crippen LogP contribution in [0, 0.1) is 0 Å². The van der Waals surface area contributed by atoms with Crippen LogP contribution in [0.1, 0.15) is 10.4 Å². The third kappa shape index (κ3) is 2.39. The third-order valence-corrected chi connectivity index (χ3v) is 3.33. The molecule has 0 N–H and O–H groups in total. The van der Waals surface area contributed by atoms with E-state index in [1.165, 1.54) is 6.26 Å². The number of hydrogen-bond acceptors (Lipinski definition) is 7. The molecule has 116 valence electrons. The molecule has 0 radical (unpaired) electrons. The molecule has 0 spiro atoms. The second-order valence-corrected chi connectivity index (χ2v) is 4.80. The van der Waals surface area contributed by atoms with Gasteiger partial charge in [0.1, 0.15) is 6.54 Å². The molecular formula is C15H10N2O6. The zero-order chi connectivity index (χ0) is 15.8. The number of nitrogens with zero attached hydrogens (tertiary/aromatic N) is 2. The van der Waals surface area contributed by atoms with Crippen molar-refractivity contribution in [2.45, 2.75) is 6.54 Å². The highest BCUT2D eigenvalue weighted by atomic mass is 16.7. The van der Waals surface area contributed by atoms with Crippen molar-refractivity contribution in [2.24, 2.45) is 0 Å². The number of aromatic nitrogens is 2. The van der Waals surface area contributed by atoms with E-state index in [1.807, 2.05) is 0 Å². The Labute approximate surface area is 128 Å². The minimum absolute atomic E-state index is 0.0264. The van der Waals surface area contributed by atoms with Crippen molar-refractivity contribution in [2.75, 3.05) is 6.79 Å². The molecular weight excluding hydrogens is 304 g/mol. The van der Waals surface area contributed by atoms with Gasteiger partial charge in [0, 0.05) is 5.56 Å². The van der Waals surface area contributed by atoms with Gasteiger partial charge in [-0.3, -0.25) is 4.79 Å². The first-order valence-electron chi connectivity index (χ1n) is 6.75. The molecule has 3 aromatic rings. The molecule has 1 aromatic carbocycles. The van der Waals surface area contributed by atoms with Gasteiger partial charge in [0.25, 0.3) is 5.89 Å². The molecule has 4 rings (SSSR count). The van der Waals surface area contributed by atoms with Crippen molar-refractivity contribution >= 4 is 5.78 Å². The molecule has 8 heteroatoms. The predicted octanol–water partition coefficient (Wildman–Crippen LogP) is 1.71. The van der Waals surface area contributed by atoms with Crippen molar-refractivity contribution in [3.63, 3.8) is 0 Å². The lowest BCUT2D eigenvalue weighted by atomic mass is 10.1. The highest BCUT2D eigenvalue weighted by Gasteiger charge is 2.19. The lowest BCUT2D eigenvalue weighted by Gasteiger charge is -2.01. The van der Waals surface area contributed by atoms with Gasteiger partial charge >= 0.3 is 5.76 Å². The lowest BCUT2D eigenvalue weighted by Crippen LogP contribution is -2.21. The normalized spacial score (nSPS) is 12.5. The zero-order valence-electron chi connectivity index (χ0n) is 11.7. The van der Waals surface area contributed by atoms with Gasteiger partial charge in [-0.1, -0.05) is 0 Å². The molecule has 0 unspecified atom stereocenters. The van der Waals surface area contributed by atoms with Crippen molar-refractivity contribution in [3.05, 3.63) is 52.7 Å². The van der Waals surface area contributed by atoms with Gasteiger partial charge in [-0.15, -0.1) is 5.10 Å². The molecule has 0 bridgehead atoms. The van der Waals surface area contributed by atoms with Crippen molar-refractivity contribution in [1.82, 2.24) is 9.78 Å². The standard InChI is InChI=1S/C15H10N2O6/c18-10(9-3-4-11-13(6-9)22-8-21-11)7-17-15(19)23-14(16-17)12-2-1-5-20-12/h1-6H,7-8H2. The molecule has 0 saturated heterocycles. The second-order valence-electron chi connectivity index (χ2n) is 4.80. The Morgan fingerprint density at radius 1 is 1.22 bits per heavy atom. The summed E-state index contributed by atoms with van der Waals surface area (Å²) in [6, 6.07) is 8.08. The van der Waals surface area contributed by atoms with Gasteiger partial charge in [0.05, 0.1) is 6.26 Å². The van der Waals surface area contributed by atoms with Crippen molar-refractivity contribution < 1.29 is 23.1 Å². The molecule has 0 aliphatic carbocycles. The summed E-state index contributed by atoms with van der Waals surface area (Å²) in [5, 5.41) is 3.96. The van der Waals surface area contributed by atoms with E-state index in [0.717, 1.165) is 4.68 Å². The van der Waals surface area contributed by atoms with Crippen molar-refractivity contribution in [1.29, 1.82) is 0 Å². The first-order valence-corrected chi connectivity index (χ1v) is 6.75. The molecule has 2 aromatic heterocycles. The Morgan fingerprint density at radius 3 is 2.91 bits per heavy atom. The fourth-order valence-corrected chi connectivity index (χ4v) is 2.20. The first-order chi connectivity index (χ1) is 11.2.